The molecule has 0 N–H and O–H groups in total. The minimum atomic E-state index is -0.482. The van der Waals surface area contributed by atoms with Gasteiger partial charge in [0.25, 0.3) is 5.91 Å². The van der Waals surface area contributed by atoms with Gasteiger partial charge >= 0.3 is 0 Å². The van der Waals surface area contributed by atoms with Gasteiger partial charge in [0.15, 0.2) is 5.82 Å². The molecule has 5 nitrogen and oxygen atoms in total. The Morgan fingerprint density at radius 2 is 1.58 bits per heavy atom. The predicted molar refractivity (Wildman–Crippen MR) is 141 cm³/mol. The molecule has 1 fully saturated rings. The van der Waals surface area contributed by atoms with E-state index in [-0.39, 0.29) is 11.5 Å². The second kappa shape index (κ2) is 10.3. The Kier molecular flexibility index (Phi) is 6.76. The third-order valence-electron chi connectivity index (χ3n) is 6.66. The van der Waals surface area contributed by atoms with E-state index in [0.717, 1.165) is 34.6 Å². The molecular formula is C30H29FN4O. The van der Waals surface area contributed by atoms with Crippen molar-refractivity contribution in [3.05, 3.63) is 113 Å². The number of halogens is 1. The highest BCUT2D eigenvalue weighted by molar-refractivity contribution is 5.94. The number of piperazine rings is 1. The van der Waals surface area contributed by atoms with Crippen LogP contribution in [-0.4, -0.2) is 47.0 Å². The molecule has 2 heterocycles. The number of aryl methyl sites for hydroxylation is 2. The summed E-state index contributed by atoms with van der Waals surface area (Å²) in [4.78, 5) is 26.8. The first-order chi connectivity index (χ1) is 17.5. The fourth-order valence-electron chi connectivity index (χ4n) is 4.69. The number of rotatable bonds is 5. The molecule has 0 saturated carbocycles. The number of amides is 1. The van der Waals surface area contributed by atoms with Gasteiger partial charge in [-0.1, -0.05) is 66.2 Å². The van der Waals surface area contributed by atoms with E-state index in [1.54, 1.807) is 23.1 Å². The summed E-state index contributed by atoms with van der Waals surface area (Å²) in [6.07, 6.45) is 0.727. The van der Waals surface area contributed by atoms with Crippen molar-refractivity contribution in [2.45, 2.75) is 20.3 Å². The molecule has 0 spiro atoms. The van der Waals surface area contributed by atoms with Gasteiger partial charge in [0.05, 0.1) is 5.56 Å². The first kappa shape index (κ1) is 23.7. The lowest BCUT2D eigenvalue weighted by atomic mass is 10.0. The van der Waals surface area contributed by atoms with Crippen molar-refractivity contribution in [2.24, 2.45) is 0 Å². The molecule has 1 aliphatic heterocycles. The number of anilines is 1. The van der Waals surface area contributed by atoms with Crippen LogP contribution in [0.4, 0.5) is 10.2 Å². The molecule has 1 aromatic heterocycles. The van der Waals surface area contributed by atoms with E-state index < -0.39 is 5.82 Å². The van der Waals surface area contributed by atoms with Gasteiger partial charge in [-0.3, -0.25) is 4.79 Å². The van der Waals surface area contributed by atoms with Crippen LogP contribution in [0.15, 0.2) is 78.9 Å². The summed E-state index contributed by atoms with van der Waals surface area (Å²) < 4.78 is 14.2. The van der Waals surface area contributed by atoms with Crippen LogP contribution >= 0.6 is 0 Å². The Bertz CT molecular complexity index is 1380. The second-order valence-corrected chi connectivity index (χ2v) is 9.23. The van der Waals surface area contributed by atoms with Gasteiger partial charge in [-0.2, -0.15) is 0 Å². The summed E-state index contributed by atoms with van der Waals surface area (Å²) in [6.45, 7) is 6.34. The fourth-order valence-corrected chi connectivity index (χ4v) is 4.69. The number of hydrogen-bond donors (Lipinski definition) is 0. The maximum atomic E-state index is 14.2. The largest absolute Gasteiger partial charge is 0.353 e. The Morgan fingerprint density at radius 1 is 0.861 bits per heavy atom. The van der Waals surface area contributed by atoms with Crippen molar-refractivity contribution >= 4 is 11.7 Å². The number of hydrogen-bond acceptors (Lipinski definition) is 4. The molecular weight excluding hydrogens is 451 g/mol. The van der Waals surface area contributed by atoms with E-state index in [0.29, 0.717) is 32.0 Å². The van der Waals surface area contributed by atoms with Crippen LogP contribution in [0.25, 0.3) is 11.4 Å². The Morgan fingerprint density at radius 3 is 2.31 bits per heavy atom. The standard InChI is InChI=1S/C30H29FN4O/c1-21-9-8-12-24(19-21)28-32-22(2)26(20-23-10-4-3-5-11-23)29(33-28)34-15-17-35(18-16-34)30(36)25-13-6-7-14-27(25)31/h3-14,19H,15-18,20H2,1-2H3. The normalized spacial score (nSPS) is 13.6. The van der Waals surface area contributed by atoms with E-state index >= 15 is 0 Å². The van der Waals surface area contributed by atoms with Crippen LogP contribution in [0.3, 0.4) is 0 Å². The molecule has 0 bridgehead atoms. The van der Waals surface area contributed by atoms with Gasteiger partial charge in [-0.15, -0.1) is 0 Å². The smallest absolute Gasteiger partial charge is 0.256 e. The first-order valence-electron chi connectivity index (χ1n) is 12.3. The quantitative estimate of drug-likeness (QED) is 0.381. The van der Waals surface area contributed by atoms with Gasteiger partial charge in [0.1, 0.15) is 11.6 Å². The third kappa shape index (κ3) is 4.98. The summed E-state index contributed by atoms with van der Waals surface area (Å²) in [5.41, 5.74) is 5.50. The van der Waals surface area contributed by atoms with Gasteiger partial charge in [0, 0.05) is 49.4 Å². The van der Waals surface area contributed by atoms with Crippen LogP contribution < -0.4 is 4.90 Å². The lowest BCUT2D eigenvalue weighted by Crippen LogP contribution is -2.49. The van der Waals surface area contributed by atoms with Crippen molar-refractivity contribution < 1.29 is 9.18 Å². The molecule has 182 valence electrons. The van der Waals surface area contributed by atoms with E-state index in [9.17, 15) is 9.18 Å². The maximum absolute atomic E-state index is 14.2. The number of benzene rings is 3. The van der Waals surface area contributed by atoms with Crippen molar-refractivity contribution in [2.75, 3.05) is 31.1 Å². The van der Waals surface area contributed by atoms with Crippen molar-refractivity contribution in [3.63, 3.8) is 0 Å². The minimum Gasteiger partial charge on any atom is -0.353 e. The summed E-state index contributed by atoms with van der Waals surface area (Å²) >= 11 is 0. The lowest BCUT2D eigenvalue weighted by Gasteiger charge is -2.36. The molecule has 1 saturated heterocycles. The molecule has 0 atom stereocenters. The zero-order valence-corrected chi connectivity index (χ0v) is 20.6. The maximum Gasteiger partial charge on any atom is 0.256 e. The first-order valence-corrected chi connectivity index (χ1v) is 12.3. The zero-order chi connectivity index (χ0) is 25.1. The Labute approximate surface area is 211 Å². The number of carbonyl (C=O) groups is 1. The topological polar surface area (TPSA) is 49.3 Å². The zero-order valence-electron chi connectivity index (χ0n) is 20.6. The summed E-state index contributed by atoms with van der Waals surface area (Å²) in [7, 11) is 0. The average molecular weight is 481 g/mol. The second-order valence-electron chi connectivity index (χ2n) is 9.23. The van der Waals surface area contributed by atoms with Crippen LogP contribution in [0.5, 0.6) is 0 Å². The van der Waals surface area contributed by atoms with E-state index in [4.69, 9.17) is 9.97 Å². The van der Waals surface area contributed by atoms with E-state index in [1.165, 1.54) is 11.6 Å². The monoisotopic (exact) mass is 480 g/mol. The highest BCUT2D eigenvalue weighted by Crippen LogP contribution is 2.29. The van der Waals surface area contributed by atoms with Crippen LogP contribution in [0, 0.1) is 19.7 Å². The molecule has 3 aromatic carbocycles. The minimum absolute atomic E-state index is 0.121. The van der Waals surface area contributed by atoms with E-state index in [1.807, 2.05) is 37.3 Å². The number of carbonyl (C=O) groups excluding carboxylic acids is 1. The van der Waals surface area contributed by atoms with Gasteiger partial charge in [0.2, 0.25) is 0 Å². The highest BCUT2D eigenvalue weighted by Gasteiger charge is 2.27. The molecule has 0 aliphatic carbocycles. The number of aromatic nitrogens is 2. The fraction of sp³-hybridized carbons (Fsp3) is 0.233. The summed E-state index contributed by atoms with van der Waals surface area (Å²) in [5, 5.41) is 0. The van der Waals surface area contributed by atoms with E-state index in [2.05, 4.69) is 36.1 Å². The van der Waals surface area contributed by atoms with Gasteiger partial charge in [-0.05, 0) is 37.6 Å². The Balaban J connectivity index is 1.45. The van der Waals surface area contributed by atoms with Crippen LogP contribution in [0.2, 0.25) is 0 Å². The molecule has 6 heteroatoms. The molecule has 1 aliphatic rings. The lowest BCUT2D eigenvalue weighted by molar-refractivity contribution is 0.0741. The van der Waals surface area contributed by atoms with Crippen molar-refractivity contribution in [1.82, 2.24) is 14.9 Å². The van der Waals surface area contributed by atoms with Gasteiger partial charge < -0.3 is 9.80 Å². The summed E-state index contributed by atoms with van der Waals surface area (Å²) in [5.74, 6) is 0.856. The molecule has 1 amide bonds. The van der Waals surface area contributed by atoms with Crippen LogP contribution in [-0.2, 0) is 6.42 Å². The van der Waals surface area contributed by atoms with Crippen LogP contribution in [0.1, 0.15) is 32.7 Å². The summed E-state index contributed by atoms with van der Waals surface area (Å²) in [6, 6.07) is 24.7. The Hall–Kier alpha value is -4.06. The van der Waals surface area contributed by atoms with Crippen molar-refractivity contribution in [3.8, 4) is 11.4 Å². The molecule has 36 heavy (non-hydrogen) atoms. The third-order valence-corrected chi connectivity index (χ3v) is 6.66. The van der Waals surface area contributed by atoms with Gasteiger partial charge in [-0.25, -0.2) is 14.4 Å². The number of nitrogens with zero attached hydrogens (tertiary/aromatic N) is 4. The molecule has 5 rings (SSSR count). The predicted octanol–water partition coefficient (Wildman–Crippen LogP) is 5.45. The van der Waals surface area contributed by atoms with Crippen molar-refractivity contribution in [1.29, 1.82) is 0 Å². The molecule has 0 unspecified atom stereocenters. The highest BCUT2D eigenvalue weighted by atomic mass is 19.1. The SMILES string of the molecule is Cc1cccc(-c2nc(C)c(Cc3ccccc3)c(N3CCN(C(=O)c4ccccc4F)CC3)n2)c1. The molecule has 0 radical (unpaired) electrons. The molecule has 4 aromatic rings. The average Bonchev–Trinajstić information content (AvgIpc) is 2.90.